The van der Waals surface area contributed by atoms with Gasteiger partial charge in [-0.2, -0.15) is 5.26 Å². The van der Waals surface area contributed by atoms with Crippen molar-refractivity contribution >= 4 is 5.82 Å². The lowest BCUT2D eigenvalue weighted by atomic mass is 10.00. The molecule has 2 rings (SSSR count). The fourth-order valence-corrected chi connectivity index (χ4v) is 2.24. The fourth-order valence-electron chi connectivity index (χ4n) is 2.24. The molecule has 0 saturated carbocycles. The molecule has 1 saturated heterocycles. The van der Waals surface area contributed by atoms with Crippen LogP contribution in [0.4, 0.5) is 5.82 Å². The van der Waals surface area contributed by atoms with Crippen LogP contribution in [0.3, 0.4) is 0 Å². The molecule has 1 aliphatic rings. The molecule has 4 nitrogen and oxygen atoms in total. The van der Waals surface area contributed by atoms with Gasteiger partial charge >= 0.3 is 0 Å². The van der Waals surface area contributed by atoms with Crippen molar-refractivity contribution in [2.45, 2.75) is 38.8 Å². The third-order valence-corrected chi connectivity index (χ3v) is 3.18. The molecule has 0 aliphatic carbocycles. The van der Waals surface area contributed by atoms with Crippen LogP contribution in [0.1, 0.15) is 31.0 Å². The smallest absolute Gasteiger partial charge is 0.127 e. The van der Waals surface area contributed by atoms with Gasteiger partial charge in [0, 0.05) is 17.8 Å². The summed E-state index contributed by atoms with van der Waals surface area (Å²) in [6.07, 6.45) is 2.32. The number of hydrogen-bond acceptors (Lipinski definition) is 4. The second-order valence-corrected chi connectivity index (χ2v) is 4.63. The summed E-state index contributed by atoms with van der Waals surface area (Å²) in [5.74, 6) is 0.808. The average Bonchev–Trinajstić information content (AvgIpc) is 2.31. The Labute approximate surface area is 102 Å². The van der Waals surface area contributed by atoms with Crippen molar-refractivity contribution in [3.63, 3.8) is 0 Å². The van der Waals surface area contributed by atoms with Crippen molar-refractivity contribution in [1.82, 2.24) is 10.3 Å². The first-order chi connectivity index (χ1) is 8.19. The predicted molar refractivity (Wildman–Crippen MR) is 67.8 cm³/mol. The zero-order chi connectivity index (χ0) is 12.3. The molecule has 2 heterocycles. The number of nitrogens with one attached hydrogen (secondary N) is 2. The lowest BCUT2D eigenvalue weighted by Crippen LogP contribution is -2.46. The van der Waals surface area contributed by atoms with Crippen molar-refractivity contribution in [3.8, 4) is 6.07 Å². The van der Waals surface area contributed by atoms with E-state index in [-0.39, 0.29) is 0 Å². The maximum Gasteiger partial charge on any atom is 0.127 e. The van der Waals surface area contributed by atoms with Gasteiger partial charge in [0.2, 0.25) is 0 Å². The first-order valence-electron chi connectivity index (χ1n) is 6.08. The van der Waals surface area contributed by atoms with Gasteiger partial charge in [0.05, 0.1) is 11.6 Å². The van der Waals surface area contributed by atoms with Crippen LogP contribution in [0.2, 0.25) is 0 Å². The minimum absolute atomic E-state index is 0.393. The van der Waals surface area contributed by atoms with Crippen LogP contribution in [0.15, 0.2) is 12.1 Å². The van der Waals surface area contributed by atoms with E-state index < -0.39 is 0 Å². The lowest BCUT2D eigenvalue weighted by Gasteiger charge is -2.31. The molecule has 1 fully saturated rings. The first-order valence-corrected chi connectivity index (χ1v) is 6.08. The highest BCUT2D eigenvalue weighted by atomic mass is 15.1. The molecule has 0 bridgehead atoms. The molecular weight excluding hydrogens is 212 g/mol. The third kappa shape index (κ3) is 2.95. The molecule has 0 radical (unpaired) electrons. The summed E-state index contributed by atoms with van der Waals surface area (Å²) in [7, 11) is 0. The number of nitriles is 1. The van der Waals surface area contributed by atoms with Gasteiger partial charge in [-0.25, -0.2) is 4.98 Å². The Kier molecular flexibility index (Phi) is 3.60. The zero-order valence-corrected chi connectivity index (χ0v) is 10.3. The standard InChI is InChI=1S/C13H18N4/c1-9-6-11(8-14)7-13(16-9)17-12-4-3-5-15-10(12)2/h6-7,10,12,15H,3-5H2,1-2H3,(H,16,17). The zero-order valence-electron chi connectivity index (χ0n) is 10.3. The van der Waals surface area contributed by atoms with Gasteiger partial charge in [0.1, 0.15) is 5.82 Å². The van der Waals surface area contributed by atoms with E-state index in [4.69, 9.17) is 5.26 Å². The molecule has 17 heavy (non-hydrogen) atoms. The molecule has 1 aliphatic heterocycles. The minimum Gasteiger partial charge on any atom is -0.366 e. The normalized spacial score (nSPS) is 24.1. The third-order valence-electron chi connectivity index (χ3n) is 3.18. The number of anilines is 1. The SMILES string of the molecule is Cc1cc(C#N)cc(NC2CCCNC2C)n1. The van der Waals surface area contributed by atoms with Crippen LogP contribution in [0.5, 0.6) is 0 Å². The van der Waals surface area contributed by atoms with Gasteiger partial charge < -0.3 is 10.6 Å². The van der Waals surface area contributed by atoms with Crippen LogP contribution >= 0.6 is 0 Å². The maximum atomic E-state index is 8.93. The van der Waals surface area contributed by atoms with Gasteiger partial charge in [0.25, 0.3) is 0 Å². The van der Waals surface area contributed by atoms with E-state index in [1.165, 1.54) is 6.42 Å². The number of aromatic nitrogens is 1. The number of piperidine rings is 1. The van der Waals surface area contributed by atoms with Crippen LogP contribution < -0.4 is 10.6 Å². The summed E-state index contributed by atoms with van der Waals surface area (Å²) in [4.78, 5) is 4.42. The number of rotatable bonds is 2. The summed E-state index contributed by atoms with van der Waals surface area (Å²) in [6, 6.07) is 6.61. The Morgan fingerprint density at radius 3 is 3.06 bits per heavy atom. The Balaban J connectivity index is 2.12. The summed E-state index contributed by atoms with van der Waals surface area (Å²) >= 11 is 0. The van der Waals surface area contributed by atoms with Gasteiger partial charge in [-0.1, -0.05) is 0 Å². The Hall–Kier alpha value is -1.60. The highest BCUT2D eigenvalue weighted by Gasteiger charge is 2.20. The number of aryl methyl sites for hydroxylation is 1. The van der Waals surface area contributed by atoms with Crippen molar-refractivity contribution in [3.05, 3.63) is 23.4 Å². The molecule has 2 unspecified atom stereocenters. The predicted octanol–water partition coefficient (Wildman–Crippen LogP) is 1.81. The van der Waals surface area contributed by atoms with Gasteiger partial charge in [-0.15, -0.1) is 0 Å². The number of nitrogens with zero attached hydrogens (tertiary/aromatic N) is 2. The van der Waals surface area contributed by atoms with Crippen LogP contribution in [-0.2, 0) is 0 Å². The fraction of sp³-hybridized carbons (Fsp3) is 0.538. The van der Waals surface area contributed by atoms with E-state index in [9.17, 15) is 0 Å². The molecule has 4 heteroatoms. The van der Waals surface area contributed by atoms with E-state index in [2.05, 4.69) is 28.6 Å². The van der Waals surface area contributed by atoms with E-state index in [1.54, 1.807) is 6.07 Å². The topological polar surface area (TPSA) is 60.7 Å². The quantitative estimate of drug-likeness (QED) is 0.813. The Morgan fingerprint density at radius 1 is 1.53 bits per heavy atom. The molecule has 1 aromatic rings. The summed E-state index contributed by atoms with van der Waals surface area (Å²) in [5, 5.41) is 15.8. The molecule has 1 aromatic heterocycles. The Morgan fingerprint density at radius 2 is 2.35 bits per heavy atom. The summed E-state index contributed by atoms with van der Waals surface area (Å²) in [5.41, 5.74) is 1.54. The maximum absolute atomic E-state index is 8.93. The summed E-state index contributed by atoms with van der Waals surface area (Å²) in [6.45, 7) is 5.18. The van der Waals surface area contributed by atoms with E-state index in [0.29, 0.717) is 17.6 Å². The average molecular weight is 230 g/mol. The molecule has 0 spiro atoms. The molecule has 90 valence electrons. The van der Waals surface area contributed by atoms with Crippen molar-refractivity contribution < 1.29 is 0 Å². The second-order valence-electron chi connectivity index (χ2n) is 4.63. The van der Waals surface area contributed by atoms with Crippen molar-refractivity contribution in [2.24, 2.45) is 0 Å². The van der Waals surface area contributed by atoms with Crippen molar-refractivity contribution in [2.75, 3.05) is 11.9 Å². The number of pyridine rings is 1. The monoisotopic (exact) mass is 230 g/mol. The molecule has 0 aromatic carbocycles. The highest BCUT2D eigenvalue weighted by Crippen LogP contribution is 2.16. The molecule has 2 atom stereocenters. The van der Waals surface area contributed by atoms with Crippen LogP contribution in [-0.4, -0.2) is 23.6 Å². The minimum atomic E-state index is 0.393. The summed E-state index contributed by atoms with van der Waals surface area (Å²) < 4.78 is 0. The molecular formula is C13H18N4. The van der Waals surface area contributed by atoms with Crippen LogP contribution in [0.25, 0.3) is 0 Å². The largest absolute Gasteiger partial charge is 0.366 e. The molecule has 0 amide bonds. The lowest BCUT2D eigenvalue weighted by molar-refractivity contribution is 0.388. The van der Waals surface area contributed by atoms with E-state index in [1.807, 2.05) is 13.0 Å². The Bertz CT molecular complexity index is 436. The highest BCUT2D eigenvalue weighted by molar-refractivity contribution is 5.45. The van der Waals surface area contributed by atoms with E-state index >= 15 is 0 Å². The van der Waals surface area contributed by atoms with Gasteiger partial charge in [-0.3, -0.25) is 0 Å². The second kappa shape index (κ2) is 5.15. The molecule has 2 N–H and O–H groups in total. The van der Waals surface area contributed by atoms with Crippen LogP contribution in [0, 0.1) is 18.3 Å². The van der Waals surface area contributed by atoms with E-state index in [0.717, 1.165) is 24.5 Å². The first kappa shape index (κ1) is 11.9. The van der Waals surface area contributed by atoms with Gasteiger partial charge in [-0.05, 0) is 45.4 Å². The van der Waals surface area contributed by atoms with Crippen molar-refractivity contribution in [1.29, 1.82) is 5.26 Å². The van der Waals surface area contributed by atoms with Gasteiger partial charge in [0.15, 0.2) is 0 Å². The number of hydrogen-bond donors (Lipinski definition) is 2.